The fourth-order valence-corrected chi connectivity index (χ4v) is 1.93. The van der Waals surface area contributed by atoms with Crippen LogP contribution >= 0.6 is 0 Å². The van der Waals surface area contributed by atoms with E-state index in [1.165, 1.54) is 18.2 Å². The maximum atomic E-state index is 11.0. The molecular formula is C13H15NO7. The number of ether oxygens (including phenoxy) is 3. The van der Waals surface area contributed by atoms with Gasteiger partial charge in [-0.1, -0.05) is 0 Å². The van der Waals surface area contributed by atoms with Crippen LogP contribution in [-0.2, 0) is 14.3 Å². The van der Waals surface area contributed by atoms with Crippen molar-refractivity contribution in [3.63, 3.8) is 0 Å². The second-order valence-electron chi connectivity index (χ2n) is 4.40. The zero-order chi connectivity index (χ0) is 15.2. The molecule has 0 bridgehead atoms. The maximum Gasteiger partial charge on any atom is 0.303 e. The summed E-state index contributed by atoms with van der Waals surface area (Å²) in [5.41, 5.74) is 0.202. The minimum atomic E-state index is -0.893. The van der Waals surface area contributed by atoms with Crippen LogP contribution < -0.4 is 4.74 Å². The van der Waals surface area contributed by atoms with Gasteiger partial charge in [0.15, 0.2) is 6.29 Å². The van der Waals surface area contributed by atoms with Crippen LogP contribution in [-0.4, -0.2) is 35.8 Å². The van der Waals surface area contributed by atoms with Crippen molar-refractivity contribution < 1.29 is 29.0 Å². The second kappa shape index (κ2) is 7.00. The fraction of sp³-hybridized carbons (Fsp3) is 0.462. The smallest absolute Gasteiger partial charge is 0.303 e. The number of carbonyl (C=O) groups is 1. The molecule has 0 saturated carbocycles. The molecule has 1 saturated heterocycles. The summed E-state index contributed by atoms with van der Waals surface area (Å²) >= 11 is 0. The zero-order valence-electron chi connectivity index (χ0n) is 11.2. The number of nitrogens with zero attached hydrogens (tertiary/aromatic N) is 1. The molecule has 21 heavy (non-hydrogen) atoms. The highest BCUT2D eigenvalue weighted by Gasteiger charge is 2.27. The second-order valence-corrected chi connectivity index (χ2v) is 4.40. The highest BCUT2D eigenvalue weighted by Crippen LogP contribution is 2.33. The third-order valence-corrected chi connectivity index (χ3v) is 2.88. The monoisotopic (exact) mass is 297 g/mol. The molecule has 1 aromatic rings. The normalized spacial score (nSPS) is 15.0. The zero-order valence-corrected chi connectivity index (χ0v) is 11.2. The Morgan fingerprint density at radius 3 is 2.76 bits per heavy atom. The molecule has 1 aliphatic heterocycles. The predicted octanol–water partition coefficient (Wildman–Crippen LogP) is 1.88. The van der Waals surface area contributed by atoms with E-state index in [0.29, 0.717) is 30.9 Å². The van der Waals surface area contributed by atoms with Crippen LogP contribution in [0.3, 0.4) is 0 Å². The number of hydrogen-bond acceptors (Lipinski definition) is 6. The predicted molar refractivity (Wildman–Crippen MR) is 70.1 cm³/mol. The lowest BCUT2D eigenvalue weighted by molar-refractivity contribution is -0.386. The van der Waals surface area contributed by atoms with Crippen molar-refractivity contribution in [1.29, 1.82) is 0 Å². The minimum Gasteiger partial charge on any atom is -0.494 e. The van der Waals surface area contributed by atoms with Crippen LogP contribution in [0, 0.1) is 10.1 Å². The van der Waals surface area contributed by atoms with Gasteiger partial charge in [0.2, 0.25) is 0 Å². The lowest BCUT2D eigenvalue weighted by atomic mass is 10.1. The van der Waals surface area contributed by atoms with Crippen molar-refractivity contribution in [2.24, 2.45) is 0 Å². The van der Waals surface area contributed by atoms with Gasteiger partial charge in [-0.3, -0.25) is 14.9 Å². The van der Waals surface area contributed by atoms with Crippen LogP contribution in [0.5, 0.6) is 5.75 Å². The van der Waals surface area contributed by atoms with Gasteiger partial charge in [-0.05, 0) is 18.6 Å². The summed E-state index contributed by atoms with van der Waals surface area (Å²) in [6.45, 7) is 0.979. The van der Waals surface area contributed by atoms with E-state index in [2.05, 4.69) is 0 Å². The number of nitro benzene ring substituents is 1. The molecule has 1 aromatic carbocycles. The largest absolute Gasteiger partial charge is 0.494 e. The molecule has 0 aliphatic carbocycles. The molecule has 114 valence electrons. The summed E-state index contributed by atoms with van der Waals surface area (Å²) in [4.78, 5) is 20.9. The van der Waals surface area contributed by atoms with Crippen molar-refractivity contribution in [3.8, 4) is 5.75 Å². The highest BCUT2D eigenvalue weighted by molar-refractivity contribution is 5.66. The van der Waals surface area contributed by atoms with Gasteiger partial charge >= 0.3 is 5.97 Å². The molecule has 1 fully saturated rings. The number of hydrogen-bond donors (Lipinski definition) is 1. The SMILES string of the molecule is O=C(O)CCCOc1ccc([N+](=O)[O-])c(C2OCCO2)c1. The Balaban J connectivity index is 2.07. The molecule has 8 nitrogen and oxygen atoms in total. The van der Waals surface area contributed by atoms with E-state index in [4.69, 9.17) is 19.3 Å². The average molecular weight is 297 g/mol. The van der Waals surface area contributed by atoms with E-state index in [0.717, 1.165) is 0 Å². The van der Waals surface area contributed by atoms with Gasteiger partial charge in [-0.2, -0.15) is 0 Å². The minimum absolute atomic E-state index is 0.00862. The molecule has 0 unspecified atom stereocenters. The van der Waals surface area contributed by atoms with Crippen molar-refractivity contribution in [2.45, 2.75) is 19.1 Å². The first kappa shape index (κ1) is 15.2. The van der Waals surface area contributed by atoms with Gasteiger partial charge in [0.05, 0.1) is 30.3 Å². The first-order valence-corrected chi connectivity index (χ1v) is 6.44. The molecule has 0 radical (unpaired) electrons. The van der Waals surface area contributed by atoms with Crippen molar-refractivity contribution in [1.82, 2.24) is 0 Å². The van der Waals surface area contributed by atoms with Gasteiger partial charge in [0.1, 0.15) is 5.75 Å². The van der Waals surface area contributed by atoms with Crippen LogP contribution in [0.2, 0.25) is 0 Å². The number of benzene rings is 1. The van der Waals surface area contributed by atoms with E-state index < -0.39 is 17.2 Å². The summed E-state index contributed by atoms with van der Waals surface area (Å²) < 4.78 is 16.0. The van der Waals surface area contributed by atoms with Gasteiger partial charge in [0, 0.05) is 12.5 Å². The number of aliphatic carboxylic acids is 1. The van der Waals surface area contributed by atoms with E-state index in [1.807, 2.05) is 0 Å². The highest BCUT2D eigenvalue weighted by atomic mass is 16.7. The van der Waals surface area contributed by atoms with Crippen molar-refractivity contribution in [3.05, 3.63) is 33.9 Å². The van der Waals surface area contributed by atoms with Crippen LogP contribution in [0.15, 0.2) is 18.2 Å². The summed E-state index contributed by atoms with van der Waals surface area (Å²) in [7, 11) is 0. The van der Waals surface area contributed by atoms with E-state index in [-0.39, 0.29) is 18.7 Å². The van der Waals surface area contributed by atoms with E-state index in [9.17, 15) is 14.9 Å². The Labute approximate surface area is 120 Å². The first-order chi connectivity index (χ1) is 10.1. The third kappa shape index (κ3) is 4.14. The fourth-order valence-electron chi connectivity index (χ4n) is 1.93. The number of carboxylic acid groups (broad SMARTS) is 1. The third-order valence-electron chi connectivity index (χ3n) is 2.88. The first-order valence-electron chi connectivity index (χ1n) is 6.44. The Bertz CT molecular complexity index is 525. The summed E-state index contributed by atoms with van der Waals surface area (Å²) in [5, 5.41) is 19.5. The molecule has 8 heteroatoms. The van der Waals surface area contributed by atoms with Crippen LogP contribution in [0.4, 0.5) is 5.69 Å². The summed E-state index contributed by atoms with van der Waals surface area (Å²) in [5.74, 6) is -0.476. The van der Waals surface area contributed by atoms with Crippen molar-refractivity contribution >= 4 is 11.7 Å². The maximum absolute atomic E-state index is 11.0. The Kier molecular flexibility index (Phi) is 5.07. The van der Waals surface area contributed by atoms with Gasteiger partial charge in [0.25, 0.3) is 5.69 Å². The number of nitro groups is 1. The Morgan fingerprint density at radius 1 is 1.43 bits per heavy atom. The molecule has 2 rings (SSSR count). The molecule has 0 spiro atoms. The standard InChI is InChI=1S/C13H15NO7/c15-12(16)2-1-5-19-9-3-4-11(14(17)18)10(8-9)13-20-6-7-21-13/h3-4,8,13H,1-2,5-7H2,(H,15,16). The Morgan fingerprint density at radius 2 is 2.14 bits per heavy atom. The lowest BCUT2D eigenvalue weighted by Gasteiger charge is -2.12. The van der Waals surface area contributed by atoms with Crippen LogP contribution in [0.1, 0.15) is 24.7 Å². The lowest BCUT2D eigenvalue weighted by Crippen LogP contribution is -2.05. The van der Waals surface area contributed by atoms with Gasteiger partial charge < -0.3 is 19.3 Å². The van der Waals surface area contributed by atoms with Crippen molar-refractivity contribution in [2.75, 3.05) is 19.8 Å². The van der Waals surface area contributed by atoms with E-state index in [1.54, 1.807) is 0 Å². The molecule has 1 aliphatic rings. The summed E-state index contributed by atoms with van der Waals surface area (Å²) in [6.07, 6.45) is -0.403. The van der Waals surface area contributed by atoms with Gasteiger partial charge in [-0.15, -0.1) is 0 Å². The quantitative estimate of drug-likeness (QED) is 0.465. The number of carboxylic acids is 1. The molecule has 1 N–H and O–H groups in total. The topological polar surface area (TPSA) is 108 Å². The molecule has 0 amide bonds. The molecule has 0 aromatic heterocycles. The average Bonchev–Trinajstić information content (AvgIpc) is 2.97. The Hall–Kier alpha value is -2.19. The van der Waals surface area contributed by atoms with Crippen LogP contribution in [0.25, 0.3) is 0 Å². The molecular weight excluding hydrogens is 282 g/mol. The van der Waals surface area contributed by atoms with E-state index >= 15 is 0 Å². The number of rotatable bonds is 7. The summed E-state index contributed by atoms with van der Waals surface area (Å²) in [6, 6.07) is 4.29. The van der Waals surface area contributed by atoms with Gasteiger partial charge in [-0.25, -0.2) is 0 Å². The molecule has 1 heterocycles. The molecule has 0 atom stereocenters.